The van der Waals surface area contributed by atoms with Gasteiger partial charge >= 0.3 is 0 Å². The molecule has 0 unspecified atom stereocenters. The van der Waals surface area contributed by atoms with Gasteiger partial charge in [-0.15, -0.1) is 0 Å². The number of hydrogen-bond donors (Lipinski definition) is 1. The van der Waals surface area contributed by atoms with Crippen LogP contribution < -0.4 is 5.43 Å². The molecule has 0 bridgehead atoms. The highest BCUT2D eigenvalue weighted by Gasteiger charge is 2.14. The third kappa shape index (κ3) is 1.36. The van der Waals surface area contributed by atoms with Crippen LogP contribution in [-0.4, -0.2) is 31.8 Å². The normalized spacial score (nSPS) is 19.8. The summed E-state index contributed by atoms with van der Waals surface area (Å²) in [6.07, 6.45) is 0. The topological polar surface area (TPSA) is 27.6 Å². The van der Waals surface area contributed by atoms with Gasteiger partial charge in [-0.2, -0.15) is 5.10 Å². The van der Waals surface area contributed by atoms with E-state index in [9.17, 15) is 0 Å². The average molecular weight is 139 g/mol. The van der Waals surface area contributed by atoms with Gasteiger partial charge in [0.1, 0.15) is 0 Å². The van der Waals surface area contributed by atoms with Crippen molar-refractivity contribution in [3.8, 4) is 0 Å². The van der Waals surface area contributed by atoms with Crippen LogP contribution >= 0.6 is 0 Å². The van der Waals surface area contributed by atoms with E-state index in [2.05, 4.69) is 36.1 Å². The van der Waals surface area contributed by atoms with Crippen LogP contribution in [0.1, 0.15) is 6.92 Å². The van der Waals surface area contributed by atoms with Crippen LogP contribution in [-0.2, 0) is 0 Å². The Morgan fingerprint density at radius 3 is 2.70 bits per heavy atom. The molecular weight excluding hydrogens is 126 g/mol. The maximum atomic E-state index is 3.62. The Bertz CT molecular complexity index is 172. The molecule has 0 aromatic rings. The molecule has 0 saturated heterocycles. The van der Waals surface area contributed by atoms with Crippen LogP contribution in [0.3, 0.4) is 0 Å². The van der Waals surface area contributed by atoms with Crippen molar-refractivity contribution in [1.29, 1.82) is 0 Å². The molecule has 1 aliphatic rings. The zero-order valence-electron chi connectivity index (χ0n) is 6.52. The van der Waals surface area contributed by atoms with Gasteiger partial charge in [-0.1, -0.05) is 0 Å². The van der Waals surface area contributed by atoms with E-state index in [0.29, 0.717) is 0 Å². The molecule has 1 N–H and O–H groups in total. The average Bonchev–Trinajstić information content (AvgIpc) is 2.13. The van der Waals surface area contributed by atoms with Gasteiger partial charge in [0.15, 0.2) is 0 Å². The molecule has 0 atom stereocenters. The van der Waals surface area contributed by atoms with Crippen molar-refractivity contribution in [3.05, 3.63) is 11.3 Å². The van der Waals surface area contributed by atoms with Gasteiger partial charge in [0.25, 0.3) is 0 Å². The van der Waals surface area contributed by atoms with E-state index in [1.807, 2.05) is 0 Å². The number of nitrogens with zero attached hydrogens (tertiary/aromatic N) is 2. The van der Waals surface area contributed by atoms with Crippen LogP contribution in [0.25, 0.3) is 0 Å². The Morgan fingerprint density at radius 2 is 2.30 bits per heavy atom. The van der Waals surface area contributed by atoms with E-state index in [-0.39, 0.29) is 0 Å². The Labute approximate surface area is 61.4 Å². The first-order valence-electron chi connectivity index (χ1n) is 3.33. The molecule has 1 heterocycles. The van der Waals surface area contributed by atoms with Gasteiger partial charge in [-0.3, -0.25) is 10.3 Å². The van der Waals surface area contributed by atoms with Gasteiger partial charge in [-0.25, -0.2) is 0 Å². The number of hydrogen-bond acceptors (Lipinski definition) is 3. The fourth-order valence-electron chi connectivity index (χ4n) is 1.19. The summed E-state index contributed by atoms with van der Waals surface area (Å²) in [5, 5.41) is 3.62. The SMILES string of the molecule is C=NNC1=C(C)CN(C)C1. The van der Waals surface area contributed by atoms with Crippen molar-refractivity contribution in [2.75, 3.05) is 20.1 Å². The molecule has 10 heavy (non-hydrogen) atoms. The third-order valence-electron chi connectivity index (χ3n) is 1.66. The zero-order valence-corrected chi connectivity index (χ0v) is 6.52. The molecule has 0 fully saturated rings. The Morgan fingerprint density at radius 1 is 1.60 bits per heavy atom. The number of rotatable bonds is 2. The maximum Gasteiger partial charge on any atom is 0.0478 e. The van der Waals surface area contributed by atoms with Crippen molar-refractivity contribution in [1.82, 2.24) is 10.3 Å². The molecule has 0 amide bonds. The summed E-state index contributed by atoms with van der Waals surface area (Å²) in [5.74, 6) is 0. The summed E-state index contributed by atoms with van der Waals surface area (Å²) in [5.41, 5.74) is 5.43. The highest BCUT2D eigenvalue weighted by atomic mass is 15.3. The fourth-order valence-corrected chi connectivity index (χ4v) is 1.19. The summed E-state index contributed by atoms with van der Waals surface area (Å²) >= 11 is 0. The molecule has 0 aromatic carbocycles. The van der Waals surface area contributed by atoms with Gasteiger partial charge in [0.2, 0.25) is 0 Å². The maximum absolute atomic E-state index is 3.62. The second-order valence-corrected chi connectivity index (χ2v) is 2.70. The van der Waals surface area contributed by atoms with E-state index in [1.165, 1.54) is 11.3 Å². The Kier molecular flexibility index (Phi) is 2.06. The molecule has 0 aromatic heterocycles. The first kappa shape index (κ1) is 7.28. The smallest absolute Gasteiger partial charge is 0.0478 e. The lowest BCUT2D eigenvalue weighted by atomic mass is 10.3. The first-order chi connectivity index (χ1) is 4.74. The first-order valence-corrected chi connectivity index (χ1v) is 3.33. The van der Waals surface area contributed by atoms with E-state index >= 15 is 0 Å². The summed E-state index contributed by atoms with van der Waals surface area (Å²) in [6.45, 7) is 7.48. The van der Waals surface area contributed by atoms with E-state index < -0.39 is 0 Å². The summed E-state index contributed by atoms with van der Waals surface area (Å²) in [6, 6.07) is 0. The molecule has 0 aliphatic carbocycles. The summed E-state index contributed by atoms with van der Waals surface area (Å²) in [7, 11) is 2.08. The number of hydrazone groups is 1. The van der Waals surface area contributed by atoms with Crippen LogP contribution in [0, 0.1) is 0 Å². The van der Waals surface area contributed by atoms with Gasteiger partial charge in [0.05, 0.1) is 0 Å². The van der Waals surface area contributed by atoms with Gasteiger partial charge in [0, 0.05) is 25.5 Å². The minimum atomic E-state index is 0.963. The highest BCUT2D eigenvalue weighted by Crippen LogP contribution is 2.11. The molecular formula is C7H13N3. The molecule has 3 nitrogen and oxygen atoms in total. The fraction of sp³-hybridized carbons (Fsp3) is 0.571. The second kappa shape index (κ2) is 2.84. The van der Waals surface area contributed by atoms with E-state index in [4.69, 9.17) is 0 Å². The second-order valence-electron chi connectivity index (χ2n) is 2.70. The standard InChI is InChI=1S/C7H13N3/c1-6-4-10(3)5-7(6)9-8-2/h9H,2,4-5H2,1,3H3. The van der Waals surface area contributed by atoms with Crippen LogP contribution in [0.4, 0.5) is 0 Å². The molecule has 56 valence electrons. The Balaban J connectivity index is 2.57. The van der Waals surface area contributed by atoms with Crippen molar-refractivity contribution in [3.63, 3.8) is 0 Å². The van der Waals surface area contributed by atoms with Crippen molar-refractivity contribution >= 4 is 6.72 Å². The van der Waals surface area contributed by atoms with Gasteiger partial charge < -0.3 is 0 Å². The van der Waals surface area contributed by atoms with E-state index in [0.717, 1.165) is 13.1 Å². The van der Waals surface area contributed by atoms with Crippen LogP contribution in [0.5, 0.6) is 0 Å². The summed E-state index contributed by atoms with van der Waals surface area (Å²) in [4.78, 5) is 2.23. The highest BCUT2D eigenvalue weighted by molar-refractivity contribution is 5.25. The van der Waals surface area contributed by atoms with Crippen LogP contribution in [0.2, 0.25) is 0 Å². The number of nitrogens with one attached hydrogen (secondary N) is 1. The molecule has 0 saturated carbocycles. The Hall–Kier alpha value is -0.830. The lowest BCUT2D eigenvalue weighted by Crippen LogP contribution is -2.17. The predicted molar refractivity (Wildman–Crippen MR) is 42.9 cm³/mol. The zero-order chi connectivity index (χ0) is 7.56. The monoisotopic (exact) mass is 139 g/mol. The minimum absolute atomic E-state index is 0.963. The molecule has 0 spiro atoms. The molecule has 0 radical (unpaired) electrons. The third-order valence-corrected chi connectivity index (χ3v) is 1.66. The predicted octanol–water partition coefficient (Wildman–Crippen LogP) is 0.411. The quantitative estimate of drug-likeness (QED) is 0.443. The van der Waals surface area contributed by atoms with Crippen molar-refractivity contribution in [2.45, 2.75) is 6.92 Å². The molecule has 1 rings (SSSR count). The largest absolute Gasteiger partial charge is 0.297 e. The minimum Gasteiger partial charge on any atom is -0.297 e. The number of likely N-dealkylation sites (N-methyl/N-ethyl adjacent to an activating group) is 1. The molecule has 3 heteroatoms. The van der Waals surface area contributed by atoms with Crippen LogP contribution in [0.15, 0.2) is 16.4 Å². The van der Waals surface area contributed by atoms with Crippen molar-refractivity contribution < 1.29 is 0 Å². The van der Waals surface area contributed by atoms with Gasteiger partial charge in [-0.05, 0) is 19.5 Å². The van der Waals surface area contributed by atoms with Crippen molar-refractivity contribution in [2.24, 2.45) is 5.10 Å². The summed E-state index contributed by atoms with van der Waals surface area (Å²) < 4.78 is 0. The lowest BCUT2D eigenvalue weighted by Gasteiger charge is -2.05. The lowest BCUT2D eigenvalue weighted by molar-refractivity contribution is 0.419. The van der Waals surface area contributed by atoms with E-state index in [1.54, 1.807) is 0 Å². The molecule has 1 aliphatic heterocycles.